The van der Waals surface area contributed by atoms with Crippen molar-refractivity contribution in [3.63, 3.8) is 0 Å². The molecule has 1 rings (SSSR count). The molecular weight excluding hydrogens is 220 g/mol. The van der Waals surface area contributed by atoms with E-state index in [9.17, 15) is 0 Å². The zero-order valence-corrected chi connectivity index (χ0v) is 11.3. The average Bonchev–Trinajstić information content (AvgIpc) is 2.69. The Morgan fingerprint density at radius 3 is 2.62 bits per heavy atom. The smallest absolute Gasteiger partial charge is 0.122 e. The number of ether oxygens (including phenoxy) is 1. The largest absolute Gasteiger partial charge is 0.371 e. The molecule has 3 nitrogen and oxygen atoms in total. The SMILES string of the molecule is CCCc1nc(C(CC)OCC)sc1CN. The van der Waals surface area contributed by atoms with Crippen LogP contribution in [0.3, 0.4) is 0 Å². The van der Waals surface area contributed by atoms with Gasteiger partial charge in [0.05, 0.1) is 5.69 Å². The second-order valence-corrected chi connectivity index (χ2v) is 4.84. The molecule has 2 N–H and O–H groups in total. The van der Waals surface area contributed by atoms with E-state index in [4.69, 9.17) is 10.5 Å². The summed E-state index contributed by atoms with van der Waals surface area (Å²) in [6.45, 7) is 7.64. The molecule has 0 bridgehead atoms. The van der Waals surface area contributed by atoms with Crippen molar-refractivity contribution in [1.29, 1.82) is 0 Å². The lowest BCUT2D eigenvalue weighted by Gasteiger charge is -2.11. The van der Waals surface area contributed by atoms with Crippen molar-refractivity contribution in [2.45, 2.75) is 52.7 Å². The van der Waals surface area contributed by atoms with E-state index in [1.165, 1.54) is 10.6 Å². The Bertz CT molecular complexity index is 312. The molecule has 16 heavy (non-hydrogen) atoms. The molecule has 0 saturated carbocycles. The molecule has 1 aromatic heterocycles. The van der Waals surface area contributed by atoms with Crippen LogP contribution in [0.4, 0.5) is 0 Å². The molecule has 1 unspecified atom stereocenters. The van der Waals surface area contributed by atoms with E-state index >= 15 is 0 Å². The Hall–Kier alpha value is -0.450. The molecule has 0 spiro atoms. The maximum Gasteiger partial charge on any atom is 0.122 e. The number of aryl methyl sites for hydroxylation is 1. The van der Waals surface area contributed by atoms with Gasteiger partial charge in [-0.2, -0.15) is 0 Å². The summed E-state index contributed by atoms with van der Waals surface area (Å²) in [5.74, 6) is 0. The highest BCUT2D eigenvalue weighted by Crippen LogP contribution is 2.28. The summed E-state index contributed by atoms with van der Waals surface area (Å²) < 4.78 is 5.68. The molecule has 0 aliphatic carbocycles. The Kier molecular flexibility index (Phi) is 5.95. The summed E-state index contributed by atoms with van der Waals surface area (Å²) >= 11 is 1.71. The molecule has 0 saturated heterocycles. The minimum atomic E-state index is 0.144. The molecule has 92 valence electrons. The third-order valence-corrected chi connectivity index (χ3v) is 3.69. The summed E-state index contributed by atoms with van der Waals surface area (Å²) in [7, 11) is 0. The standard InChI is InChI=1S/C12H22N2OS/c1-4-7-9-11(8-13)16-12(14-9)10(5-2)15-6-3/h10H,4-8,13H2,1-3H3. The number of aromatic nitrogens is 1. The lowest BCUT2D eigenvalue weighted by molar-refractivity contribution is 0.0595. The van der Waals surface area contributed by atoms with E-state index < -0.39 is 0 Å². The Morgan fingerprint density at radius 1 is 1.38 bits per heavy atom. The molecule has 1 atom stereocenters. The van der Waals surface area contributed by atoms with Gasteiger partial charge < -0.3 is 10.5 Å². The minimum Gasteiger partial charge on any atom is -0.371 e. The van der Waals surface area contributed by atoms with Crippen LogP contribution in [0.2, 0.25) is 0 Å². The highest BCUT2D eigenvalue weighted by molar-refractivity contribution is 7.11. The molecule has 4 heteroatoms. The topological polar surface area (TPSA) is 48.1 Å². The van der Waals surface area contributed by atoms with Gasteiger partial charge >= 0.3 is 0 Å². The predicted molar refractivity (Wildman–Crippen MR) is 68.7 cm³/mol. The van der Waals surface area contributed by atoms with Gasteiger partial charge in [0.2, 0.25) is 0 Å². The molecule has 0 aliphatic rings. The molecule has 0 aromatic carbocycles. The van der Waals surface area contributed by atoms with Crippen LogP contribution in [-0.4, -0.2) is 11.6 Å². The van der Waals surface area contributed by atoms with Crippen molar-refractivity contribution in [3.05, 3.63) is 15.6 Å². The van der Waals surface area contributed by atoms with Crippen LogP contribution in [0.25, 0.3) is 0 Å². The van der Waals surface area contributed by atoms with Crippen molar-refractivity contribution in [2.75, 3.05) is 6.61 Å². The van der Waals surface area contributed by atoms with Gasteiger partial charge in [-0.25, -0.2) is 4.98 Å². The summed E-state index contributed by atoms with van der Waals surface area (Å²) in [5, 5.41) is 1.09. The van der Waals surface area contributed by atoms with Crippen LogP contribution in [0, 0.1) is 0 Å². The summed E-state index contributed by atoms with van der Waals surface area (Å²) in [4.78, 5) is 5.89. The number of hydrogen-bond acceptors (Lipinski definition) is 4. The van der Waals surface area contributed by atoms with E-state index in [1.807, 2.05) is 6.92 Å². The normalized spacial score (nSPS) is 13.0. The number of rotatable bonds is 7. The summed E-state index contributed by atoms with van der Waals surface area (Å²) in [6, 6.07) is 0. The van der Waals surface area contributed by atoms with Crippen LogP contribution >= 0.6 is 11.3 Å². The van der Waals surface area contributed by atoms with Gasteiger partial charge in [0.25, 0.3) is 0 Å². The van der Waals surface area contributed by atoms with Gasteiger partial charge in [0.15, 0.2) is 0 Å². The maximum absolute atomic E-state index is 5.74. The fourth-order valence-electron chi connectivity index (χ4n) is 1.70. The second-order valence-electron chi connectivity index (χ2n) is 3.73. The van der Waals surface area contributed by atoms with Crippen LogP contribution < -0.4 is 5.73 Å². The molecular formula is C12H22N2OS. The van der Waals surface area contributed by atoms with Crippen molar-refractivity contribution in [3.8, 4) is 0 Å². The first-order valence-electron chi connectivity index (χ1n) is 6.06. The highest BCUT2D eigenvalue weighted by Gasteiger charge is 2.16. The monoisotopic (exact) mass is 242 g/mol. The van der Waals surface area contributed by atoms with Gasteiger partial charge in [-0.1, -0.05) is 20.3 Å². The number of nitrogens with zero attached hydrogens (tertiary/aromatic N) is 1. The van der Waals surface area contributed by atoms with E-state index in [2.05, 4.69) is 18.8 Å². The van der Waals surface area contributed by atoms with Crippen LogP contribution in [0.5, 0.6) is 0 Å². The second kappa shape index (κ2) is 6.99. The first-order valence-corrected chi connectivity index (χ1v) is 6.88. The van der Waals surface area contributed by atoms with Crippen LogP contribution in [-0.2, 0) is 17.7 Å². The van der Waals surface area contributed by atoms with Crippen molar-refractivity contribution < 1.29 is 4.74 Å². The van der Waals surface area contributed by atoms with Gasteiger partial charge in [0.1, 0.15) is 11.1 Å². The van der Waals surface area contributed by atoms with E-state index in [1.54, 1.807) is 11.3 Å². The fourth-order valence-corrected chi connectivity index (χ4v) is 2.82. The van der Waals surface area contributed by atoms with Gasteiger partial charge in [-0.3, -0.25) is 0 Å². The summed E-state index contributed by atoms with van der Waals surface area (Å²) in [6.07, 6.45) is 3.25. The summed E-state index contributed by atoms with van der Waals surface area (Å²) in [5.41, 5.74) is 6.91. The fraction of sp³-hybridized carbons (Fsp3) is 0.750. The molecule has 0 aliphatic heterocycles. The zero-order valence-electron chi connectivity index (χ0n) is 10.5. The van der Waals surface area contributed by atoms with Gasteiger partial charge in [-0.15, -0.1) is 11.3 Å². The van der Waals surface area contributed by atoms with Gasteiger partial charge in [0, 0.05) is 18.0 Å². The predicted octanol–water partition coefficient (Wildman–Crippen LogP) is 3.04. The number of hydrogen-bond donors (Lipinski definition) is 1. The van der Waals surface area contributed by atoms with Crippen molar-refractivity contribution in [1.82, 2.24) is 4.98 Å². The minimum absolute atomic E-state index is 0.144. The van der Waals surface area contributed by atoms with E-state index in [-0.39, 0.29) is 6.10 Å². The molecule has 0 radical (unpaired) electrons. The van der Waals surface area contributed by atoms with Crippen molar-refractivity contribution in [2.24, 2.45) is 5.73 Å². The zero-order chi connectivity index (χ0) is 12.0. The first-order chi connectivity index (χ1) is 7.76. The Labute approximate surface area is 102 Å². The third kappa shape index (κ3) is 3.27. The lowest BCUT2D eigenvalue weighted by atomic mass is 10.2. The van der Waals surface area contributed by atoms with Crippen molar-refractivity contribution >= 4 is 11.3 Å². The maximum atomic E-state index is 5.74. The Balaban J connectivity index is 2.86. The number of thiazole rings is 1. The van der Waals surface area contributed by atoms with Crippen LogP contribution in [0.15, 0.2) is 0 Å². The lowest BCUT2D eigenvalue weighted by Crippen LogP contribution is -2.02. The highest BCUT2D eigenvalue weighted by atomic mass is 32.1. The Morgan fingerprint density at radius 2 is 2.12 bits per heavy atom. The average molecular weight is 242 g/mol. The first kappa shape index (κ1) is 13.6. The van der Waals surface area contributed by atoms with E-state index in [0.717, 1.165) is 30.9 Å². The quantitative estimate of drug-likeness (QED) is 0.799. The van der Waals surface area contributed by atoms with Crippen LogP contribution in [0.1, 0.15) is 55.3 Å². The third-order valence-electron chi connectivity index (χ3n) is 2.48. The molecule has 0 amide bonds. The molecule has 1 heterocycles. The number of nitrogens with two attached hydrogens (primary N) is 1. The molecule has 0 fully saturated rings. The molecule has 1 aromatic rings. The van der Waals surface area contributed by atoms with E-state index in [0.29, 0.717) is 6.54 Å². The van der Waals surface area contributed by atoms with Gasteiger partial charge in [-0.05, 0) is 19.8 Å².